The fraction of sp³-hybridized carbons (Fsp3) is 0.600. The third-order valence-corrected chi connectivity index (χ3v) is 4.41. The van der Waals surface area contributed by atoms with E-state index in [4.69, 9.17) is 18.4 Å². The van der Waals surface area contributed by atoms with Crippen LogP contribution in [0.4, 0.5) is 8.78 Å². The molecule has 1 aromatic rings. The second-order valence-electron chi connectivity index (χ2n) is 6.32. The molecule has 0 aromatic heterocycles. The average Bonchev–Trinajstić information content (AvgIpc) is 2.75. The molecule has 0 bridgehead atoms. The number of hydrogen-bond acceptors (Lipinski definition) is 6. The molecule has 2 heterocycles. The van der Waals surface area contributed by atoms with Gasteiger partial charge in [0, 0.05) is 5.56 Å². The summed E-state index contributed by atoms with van der Waals surface area (Å²) in [5.74, 6) is -2.35. The van der Waals surface area contributed by atoms with Crippen molar-refractivity contribution in [3.63, 3.8) is 0 Å². The van der Waals surface area contributed by atoms with Crippen LogP contribution in [0.1, 0.15) is 25.5 Å². The van der Waals surface area contributed by atoms with Crippen molar-refractivity contribution in [2.75, 3.05) is 12.9 Å². The Bertz CT molecular complexity index is 735. The van der Waals surface area contributed by atoms with E-state index in [1.54, 1.807) is 13.8 Å². The molecule has 0 N–H and O–H groups in total. The zero-order chi connectivity index (χ0) is 17.7. The Morgan fingerprint density at radius 1 is 1.25 bits per heavy atom. The quantitative estimate of drug-likeness (QED) is 0.763. The van der Waals surface area contributed by atoms with Crippen molar-refractivity contribution in [2.24, 2.45) is 0 Å². The summed E-state index contributed by atoms with van der Waals surface area (Å²) in [6, 6.07) is 2.88. The zero-order valence-electron chi connectivity index (χ0n) is 13.4. The van der Waals surface area contributed by atoms with Gasteiger partial charge in [0.2, 0.25) is 0 Å². The largest absolute Gasteiger partial charge is 0.368 e. The van der Waals surface area contributed by atoms with Gasteiger partial charge in [-0.15, -0.1) is 0 Å². The molecule has 0 spiro atoms. The number of rotatable bonds is 3. The van der Waals surface area contributed by atoms with Crippen LogP contribution in [0.25, 0.3) is 0 Å². The molecule has 3 rings (SSSR count). The van der Waals surface area contributed by atoms with Gasteiger partial charge in [0.25, 0.3) is 10.1 Å². The third-order valence-electron chi connectivity index (χ3n) is 3.83. The van der Waals surface area contributed by atoms with E-state index < -0.39 is 52.0 Å². The first-order chi connectivity index (χ1) is 11.1. The van der Waals surface area contributed by atoms with Gasteiger partial charge < -0.3 is 14.2 Å². The molecule has 0 saturated carbocycles. The predicted octanol–water partition coefficient (Wildman–Crippen LogP) is 1.90. The third kappa shape index (κ3) is 3.60. The molecule has 2 aliphatic rings. The summed E-state index contributed by atoms with van der Waals surface area (Å²) in [5.41, 5.74) is -0.129. The van der Waals surface area contributed by atoms with E-state index in [0.29, 0.717) is 0 Å². The summed E-state index contributed by atoms with van der Waals surface area (Å²) in [6.45, 7) is 3.37. The highest BCUT2D eigenvalue weighted by atomic mass is 32.2. The van der Waals surface area contributed by atoms with Crippen molar-refractivity contribution < 1.29 is 35.6 Å². The van der Waals surface area contributed by atoms with Gasteiger partial charge in [0.1, 0.15) is 36.1 Å². The summed E-state index contributed by atoms with van der Waals surface area (Å²) in [5, 5.41) is 0. The maximum absolute atomic E-state index is 14.1. The first-order valence-electron chi connectivity index (χ1n) is 7.36. The normalized spacial score (nSPS) is 32.5. The van der Waals surface area contributed by atoms with Crippen molar-refractivity contribution in [1.82, 2.24) is 0 Å². The van der Waals surface area contributed by atoms with Crippen LogP contribution < -0.4 is 0 Å². The number of ether oxygens (including phenoxy) is 3. The van der Waals surface area contributed by atoms with Crippen molar-refractivity contribution in [2.45, 2.75) is 44.1 Å². The van der Waals surface area contributed by atoms with E-state index in [1.165, 1.54) is 0 Å². The molecular formula is C15H18F2O6S. The molecule has 24 heavy (non-hydrogen) atoms. The Labute approximate surface area is 138 Å². The lowest BCUT2D eigenvalue weighted by Crippen LogP contribution is -2.49. The fourth-order valence-corrected chi connectivity index (χ4v) is 3.66. The molecule has 9 heteroatoms. The second kappa shape index (κ2) is 5.99. The van der Waals surface area contributed by atoms with Crippen LogP contribution in [0.3, 0.4) is 0 Å². The highest BCUT2D eigenvalue weighted by Gasteiger charge is 2.53. The van der Waals surface area contributed by atoms with Crippen molar-refractivity contribution in [3.8, 4) is 0 Å². The van der Waals surface area contributed by atoms with E-state index >= 15 is 0 Å². The molecular weight excluding hydrogens is 346 g/mol. The Kier molecular flexibility index (Phi) is 4.42. The molecule has 0 aliphatic carbocycles. The molecule has 2 saturated heterocycles. The Morgan fingerprint density at radius 2 is 1.96 bits per heavy atom. The van der Waals surface area contributed by atoms with Crippen molar-refractivity contribution >= 4 is 10.1 Å². The monoisotopic (exact) mass is 364 g/mol. The lowest BCUT2D eigenvalue weighted by Gasteiger charge is -2.37. The van der Waals surface area contributed by atoms with Crippen LogP contribution in [0.15, 0.2) is 18.2 Å². The summed E-state index contributed by atoms with van der Waals surface area (Å²) in [7, 11) is -3.90. The van der Waals surface area contributed by atoms with Gasteiger partial charge in [-0.3, -0.25) is 4.18 Å². The van der Waals surface area contributed by atoms with Gasteiger partial charge in [0.15, 0.2) is 5.79 Å². The molecule has 134 valence electrons. The Balaban J connectivity index is 2.00. The van der Waals surface area contributed by atoms with E-state index in [0.717, 1.165) is 24.5 Å². The predicted molar refractivity (Wildman–Crippen MR) is 78.6 cm³/mol. The number of benzene rings is 1. The van der Waals surface area contributed by atoms with Gasteiger partial charge >= 0.3 is 0 Å². The fourth-order valence-electron chi connectivity index (χ4n) is 3.04. The lowest BCUT2D eigenvalue weighted by molar-refractivity contribution is -0.155. The zero-order valence-corrected chi connectivity index (χ0v) is 14.2. The molecule has 0 unspecified atom stereocenters. The molecule has 0 amide bonds. The van der Waals surface area contributed by atoms with Crippen LogP contribution in [-0.4, -0.2) is 45.4 Å². The molecule has 0 radical (unpaired) electrons. The summed E-state index contributed by atoms with van der Waals surface area (Å²) in [6.07, 6.45) is -2.84. The van der Waals surface area contributed by atoms with Crippen LogP contribution in [0.2, 0.25) is 0 Å². The summed E-state index contributed by atoms with van der Waals surface area (Å²) in [4.78, 5) is 0. The van der Waals surface area contributed by atoms with Crippen LogP contribution in [0, 0.1) is 11.6 Å². The molecule has 6 nitrogen and oxygen atoms in total. The van der Waals surface area contributed by atoms with Crippen LogP contribution in [0.5, 0.6) is 0 Å². The number of halogens is 2. The van der Waals surface area contributed by atoms with Crippen LogP contribution in [-0.2, 0) is 28.5 Å². The lowest BCUT2D eigenvalue weighted by atomic mass is 9.94. The Morgan fingerprint density at radius 3 is 2.62 bits per heavy atom. The molecule has 4 atom stereocenters. The van der Waals surface area contributed by atoms with Gasteiger partial charge in [-0.25, -0.2) is 8.78 Å². The van der Waals surface area contributed by atoms with Crippen molar-refractivity contribution in [3.05, 3.63) is 35.4 Å². The van der Waals surface area contributed by atoms with Gasteiger partial charge in [-0.1, -0.05) is 0 Å². The maximum atomic E-state index is 14.1. The highest BCUT2D eigenvalue weighted by Crippen LogP contribution is 2.41. The van der Waals surface area contributed by atoms with Gasteiger partial charge in [-0.2, -0.15) is 8.42 Å². The highest BCUT2D eigenvalue weighted by molar-refractivity contribution is 7.86. The van der Waals surface area contributed by atoms with Crippen molar-refractivity contribution in [1.29, 1.82) is 0 Å². The standard InChI is InChI=1S/C15H18F2O6S/c1-15(2)21-11-7-20-12(9-6-8(16)4-5-10(9)17)14(13(11)22-15)23-24(3,18)19/h4-6,11-14H,7H2,1-3H3/t11-,12-,13-,14-/m1/s1. The summed E-state index contributed by atoms with van der Waals surface area (Å²) < 4.78 is 73.0. The smallest absolute Gasteiger partial charge is 0.264 e. The van der Waals surface area contributed by atoms with Gasteiger partial charge in [0.05, 0.1) is 12.9 Å². The second-order valence-corrected chi connectivity index (χ2v) is 7.92. The minimum Gasteiger partial charge on any atom is -0.368 e. The number of fused-ring (bicyclic) bond motifs is 1. The van der Waals surface area contributed by atoms with E-state index in [2.05, 4.69) is 0 Å². The van der Waals surface area contributed by atoms with E-state index in [-0.39, 0.29) is 12.2 Å². The first kappa shape index (κ1) is 17.7. The SMILES string of the molecule is CC1(C)O[C@H]2[C@H](OS(C)(=O)=O)[C@@H](c3cc(F)ccc3F)OC[C@H]2O1. The van der Waals surface area contributed by atoms with E-state index in [9.17, 15) is 17.2 Å². The van der Waals surface area contributed by atoms with Crippen LogP contribution >= 0.6 is 0 Å². The number of hydrogen-bond donors (Lipinski definition) is 0. The molecule has 2 aliphatic heterocycles. The van der Waals surface area contributed by atoms with Gasteiger partial charge in [-0.05, 0) is 32.0 Å². The summed E-state index contributed by atoms with van der Waals surface area (Å²) >= 11 is 0. The molecule has 1 aromatic carbocycles. The maximum Gasteiger partial charge on any atom is 0.264 e. The average molecular weight is 364 g/mol. The first-order valence-corrected chi connectivity index (χ1v) is 9.18. The molecule has 2 fully saturated rings. The van der Waals surface area contributed by atoms with E-state index in [1.807, 2.05) is 0 Å². The topological polar surface area (TPSA) is 71.1 Å². The Hall–Kier alpha value is -1.13. The minimum atomic E-state index is -3.90. The minimum absolute atomic E-state index is 0.0400.